The van der Waals surface area contributed by atoms with E-state index in [1.165, 1.54) is 6.92 Å². The van der Waals surface area contributed by atoms with E-state index in [1.54, 1.807) is 6.92 Å². The van der Waals surface area contributed by atoms with Crippen molar-refractivity contribution in [1.29, 1.82) is 0 Å². The van der Waals surface area contributed by atoms with Crippen molar-refractivity contribution in [3.8, 4) is 0 Å². The first kappa shape index (κ1) is 20.4. The number of esters is 2. The van der Waals surface area contributed by atoms with Gasteiger partial charge in [0.25, 0.3) is 0 Å². The maximum atomic E-state index is 12.1. The molecule has 0 spiro atoms. The fourth-order valence-corrected chi connectivity index (χ4v) is 2.39. The van der Waals surface area contributed by atoms with Gasteiger partial charge in [0.15, 0.2) is 0 Å². The lowest BCUT2D eigenvalue weighted by atomic mass is 9.95. The maximum absolute atomic E-state index is 12.1. The van der Waals surface area contributed by atoms with Crippen LogP contribution in [0.5, 0.6) is 0 Å². The summed E-state index contributed by atoms with van der Waals surface area (Å²) in [7, 11) is 0. The van der Waals surface area contributed by atoms with Crippen LogP contribution in [0.4, 0.5) is 0 Å². The number of carbonyl (C=O) groups excluding carboxylic acids is 4. The fourth-order valence-electron chi connectivity index (χ4n) is 2.39. The SMILES string of the molecule is CCOC(=O)C[C@H](C(=O)OCC)[C@H](NC(=O)[C@H]1CCC(=O)N1)C(=O)O. The molecule has 0 unspecified atom stereocenters. The van der Waals surface area contributed by atoms with E-state index in [1.807, 2.05) is 0 Å². The third-order valence-corrected chi connectivity index (χ3v) is 3.56. The summed E-state index contributed by atoms with van der Waals surface area (Å²) in [6, 6.07) is -2.56. The molecular weight excluding hydrogens is 336 g/mol. The summed E-state index contributed by atoms with van der Waals surface area (Å²) < 4.78 is 9.55. The van der Waals surface area contributed by atoms with Crippen LogP contribution in [0.15, 0.2) is 0 Å². The summed E-state index contributed by atoms with van der Waals surface area (Å²) in [4.78, 5) is 58.6. The average molecular weight is 358 g/mol. The smallest absolute Gasteiger partial charge is 0.327 e. The molecule has 1 fully saturated rings. The van der Waals surface area contributed by atoms with Crippen LogP contribution in [0.1, 0.15) is 33.1 Å². The summed E-state index contributed by atoms with van der Waals surface area (Å²) in [6.45, 7) is 3.14. The number of carboxylic acids is 1. The molecule has 25 heavy (non-hydrogen) atoms. The van der Waals surface area contributed by atoms with E-state index >= 15 is 0 Å². The lowest BCUT2D eigenvalue weighted by Crippen LogP contribution is -2.54. The first-order chi connectivity index (χ1) is 11.8. The Hall–Kier alpha value is -2.65. The van der Waals surface area contributed by atoms with E-state index in [4.69, 9.17) is 9.47 Å². The number of nitrogens with one attached hydrogen (secondary N) is 2. The molecule has 0 aromatic heterocycles. The van der Waals surface area contributed by atoms with Gasteiger partial charge < -0.3 is 25.2 Å². The van der Waals surface area contributed by atoms with Crippen LogP contribution in [-0.4, -0.2) is 60.1 Å². The first-order valence-electron chi connectivity index (χ1n) is 7.94. The second-order valence-corrected chi connectivity index (χ2v) is 5.35. The normalized spacial score (nSPS) is 18.6. The van der Waals surface area contributed by atoms with Crippen molar-refractivity contribution in [3.63, 3.8) is 0 Å². The van der Waals surface area contributed by atoms with E-state index in [0.29, 0.717) is 0 Å². The van der Waals surface area contributed by atoms with Crippen LogP contribution in [-0.2, 0) is 33.4 Å². The fraction of sp³-hybridized carbons (Fsp3) is 0.667. The van der Waals surface area contributed by atoms with Crippen LogP contribution in [0, 0.1) is 5.92 Å². The van der Waals surface area contributed by atoms with Gasteiger partial charge in [0.2, 0.25) is 11.8 Å². The number of aliphatic carboxylic acids is 1. The highest BCUT2D eigenvalue weighted by molar-refractivity contribution is 5.95. The Balaban J connectivity index is 2.91. The van der Waals surface area contributed by atoms with Gasteiger partial charge in [0, 0.05) is 6.42 Å². The standard InChI is InChI=1S/C15H22N2O8/c1-3-24-11(19)7-8(15(23)25-4-2)12(14(21)22)17-13(20)9-5-6-10(18)16-9/h8-9,12H,3-7H2,1-2H3,(H,16,18)(H,17,20)(H,21,22)/t8-,9+,12-/m0/s1. The van der Waals surface area contributed by atoms with Crippen LogP contribution in [0.2, 0.25) is 0 Å². The molecule has 1 aliphatic heterocycles. The molecule has 1 saturated heterocycles. The van der Waals surface area contributed by atoms with Crippen LogP contribution in [0.3, 0.4) is 0 Å². The Morgan fingerprint density at radius 1 is 1.24 bits per heavy atom. The van der Waals surface area contributed by atoms with Crippen molar-refractivity contribution in [1.82, 2.24) is 10.6 Å². The van der Waals surface area contributed by atoms with Crippen LogP contribution in [0.25, 0.3) is 0 Å². The average Bonchev–Trinajstić information content (AvgIpc) is 2.97. The van der Waals surface area contributed by atoms with Gasteiger partial charge in [-0.25, -0.2) is 4.79 Å². The zero-order valence-electron chi connectivity index (χ0n) is 14.1. The quantitative estimate of drug-likeness (QED) is 0.443. The maximum Gasteiger partial charge on any atom is 0.327 e. The van der Waals surface area contributed by atoms with E-state index in [0.717, 1.165) is 0 Å². The minimum atomic E-state index is -1.69. The predicted octanol–water partition coefficient (Wildman–Crippen LogP) is -1.03. The first-order valence-corrected chi connectivity index (χ1v) is 7.94. The van der Waals surface area contributed by atoms with E-state index in [-0.39, 0.29) is 32.0 Å². The highest BCUT2D eigenvalue weighted by atomic mass is 16.5. The zero-order valence-corrected chi connectivity index (χ0v) is 14.1. The van der Waals surface area contributed by atoms with Crippen molar-refractivity contribution in [3.05, 3.63) is 0 Å². The lowest BCUT2D eigenvalue weighted by molar-refractivity contribution is -0.160. The van der Waals surface area contributed by atoms with E-state index in [9.17, 15) is 29.1 Å². The lowest BCUT2D eigenvalue weighted by Gasteiger charge is -2.24. The van der Waals surface area contributed by atoms with E-state index in [2.05, 4.69) is 10.6 Å². The third kappa shape index (κ3) is 6.05. The molecule has 1 aliphatic rings. The Bertz CT molecular complexity index is 548. The highest BCUT2D eigenvalue weighted by Gasteiger charge is 2.40. The molecule has 0 bridgehead atoms. The van der Waals surface area contributed by atoms with Crippen molar-refractivity contribution in [2.75, 3.05) is 13.2 Å². The molecule has 3 atom stereocenters. The second kappa shape index (κ2) is 9.60. The Morgan fingerprint density at radius 3 is 2.36 bits per heavy atom. The molecule has 2 amide bonds. The molecule has 1 heterocycles. The monoisotopic (exact) mass is 358 g/mol. The molecule has 0 saturated carbocycles. The van der Waals surface area contributed by atoms with Gasteiger partial charge in [-0.15, -0.1) is 0 Å². The van der Waals surface area contributed by atoms with Crippen molar-refractivity contribution in [2.24, 2.45) is 5.92 Å². The molecule has 3 N–H and O–H groups in total. The van der Waals surface area contributed by atoms with Crippen molar-refractivity contribution in [2.45, 2.75) is 45.2 Å². The molecule has 0 aromatic carbocycles. The summed E-state index contributed by atoms with van der Waals surface area (Å²) in [5.41, 5.74) is 0. The van der Waals surface area contributed by atoms with Crippen molar-refractivity contribution < 1.29 is 38.6 Å². The Morgan fingerprint density at radius 2 is 1.88 bits per heavy atom. The van der Waals surface area contributed by atoms with Gasteiger partial charge in [0.05, 0.1) is 25.6 Å². The number of hydrogen-bond donors (Lipinski definition) is 3. The van der Waals surface area contributed by atoms with Crippen LogP contribution >= 0.6 is 0 Å². The summed E-state index contributed by atoms with van der Waals surface area (Å²) in [6.07, 6.45) is -0.181. The predicted molar refractivity (Wildman–Crippen MR) is 82.1 cm³/mol. The number of hydrogen-bond acceptors (Lipinski definition) is 7. The van der Waals surface area contributed by atoms with E-state index < -0.39 is 48.2 Å². The molecule has 10 heteroatoms. The largest absolute Gasteiger partial charge is 0.480 e. The second-order valence-electron chi connectivity index (χ2n) is 5.35. The van der Waals surface area contributed by atoms with Crippen LogP contribution < -0.4 is 10.6 Å². The summed E-state index contributed by atoms with van der Waals surface area (Å²) in [5, 5.41) is 14.0. The zero-order chi connectivity index (χ0) is 19.0. The van der Waals surface area contributed by atoms with Crippen molar-refractivity contribution >= 4 is 29.7 Å². The third-order valence-electron chi connectivity index (χ3n) is 3.56. The minimum absolute atomic E-state index is 0.0167. The molecule has 0 aliphatic carbocycles. The number of carboxylic acid groups (broad SMARTS) is 1. The molecular formula is C15H22N2O8. The molecule has 0 aromatic rings. The molecule has 140 valence electrons. The van der Waals surface area contributed by atoms with Gasteiger partial charge in [-0.2, -0.15) is 0 Å². The summed E-state index contributed by atoms with van der Waals surface area (Å²) >= 11 is 0. The number of carbonyl (C=O) groups is 5. The Labute approximate surface area is 144 Å². The summed E-state index contributed by atoms with van der Waals surface area (Å²) in [5.74, 6) is -5.72. The van der Waals surface area contributed by atoms with Gasteiger partial charge in [-0.3, -0.25) is 19.2 Å². The molecule has 0 radical (unpaired) electrons. The Kier molecular flexibility index (Phi) is 7.83. The minimum Gasteiger partial charge on any atom is -0.480 e. The highest BCUT2D eigenvalue weighted by Crippen LogP contribution is 2.15. The number of amides is 2. The van der Waals surface area contributed by atoms with Gasteiger partial charge in [-0.1, -0.05) is 0 Å². The topological polar surface area (TPSA) is 148 Å². The number of ether oxygens (including phenoxy) is 2. The number of rotatable bonds is 9. The van der Waals surface area contributed by atoms with Gasteiger partial charge in [0.1, 0.15) is 12.1 Å². The van der Waals surface area contributed by atoms with Gasteiger partial charge in [-0.05, 0) is 20.3 Å². The molecule has 1 rings (SSSR count). The van der Waals surface area contributed by atoms with Gasteiger partial charge >= 0.3 is 17.9 Å². The molecule has 10 nitrogen and oxygen atoms in total.